The largest absolute Gasteiger partial charge is 0.360 e. The minimum Gasteiger partial charge on any atom is -0.360 e. The van der Waals surface area contributed by atoms with E-state index in [0.29, 0.717) is 29.8 Å². The van der Waals surface area contributed by atoms with Gasteiger partial charge in [-0.15, -0.1) is 0 Å². The Morgan fingerprint density at radius 2 is 2.04 bits per heavy atom. The number of hydrogen-bond donors (Lipinski definition) is 2. The number of para-hydroxylation sites is 1. The second-order valence-corrected chi connectivity index (χ2v) is 8.67. The van der Waals surface area contributed by atoms with Gasteiger partial charge in [0.1, 0.15) is 5.56 Å². The highest BCUT2D eigenvalue weighted by molar-refractivity contribution is 5.97. The zero-order valence-electron chi connectivity index (χ0n) is 17.0. The molecular formula is C23H31N3O2. The Bertz CT molecular complexity index is 916. The van der Waals surface area contributed by atoms with Crippen molar-refractivity contribution >= 4 is 16.8 Å². The molecule has 1 amide bonds. The summed E-state index contributed by atoms with van der Waals surface area (Å²) in [7, 11) is 0. The molecule has 1 aromatic carbocycles. The summed E-state index contributed by atoms with van der Waals surface area (Å²) in [6.45, 7) is 7.25. The first kappa shape index (κ1) is 19.2. The Balaban J connectivity index is 1.51. The summed E-state index contributed by atoms with van der Waals surface area (Å²) in [5, 5.41) is 3.65. The van der Waals surface area contributed by atoms with Crippen LogP contribution in [0.25, 0.3) is 10.9 Å². The maximum absolute atomic E-state index is 12.9. The zero-order valence-corrected chi connectivity index (χ0v) is 17.0. The zero-order chi connectivity index (χ0) is 19.7. The number of nitrogens with zero attached hydrogens (tertiary/aromatic N) is 1. The number of rotatable bonds is 4. The number of nitrogens with one attached hydrogen (secondary N) is 2. The van der Waals surface area contributed by atoms with Crippen molar-refractivity contribution in [3.8, 4) is 0 Å². The van der Waals surface area contributed by atoms with Crippen LogP contribution >= 0.6 is 0 Å². The van der Waals surface area contributed by atoms with Gasteiger partial charge in [-0.3, -0.25) is 9.59 Å². The van der Waals surface area contributed by atoms with Gasteiger partial charge >= 0.3 is 0 Å². The minimum absolute atomic E-state index is 0.184. The van der Waals surface area contributed by atoms with E-state index in [2.05, 4.69) is 29.0 Å². The Labute approximate surface area is 166 Å². The van der Waals surface area contributed by atoms with Gasteiger partial charge in [0.25, 0.3) is 5.91 Å². The van der Waals surface area contributed by atoms with E-state index in [1.54, 1.807) is 12.3 Å². The third-order valence-electron chi connectivity index (χ3n) is 6.57. The number of benzene rings is 1. The van der Waals surface area contributed by atoms with E-state index in [4.69, 9.17) is 0 Å². The number of carbonyl (C=O) groups is 1. The Kier molecular flexibility index (Phi) is 5.54. The van der Waals surface area contributed by atoms with Crippen LogP contribution in [-0.2, 0) is 0 Å². The van der Waals surface area contributed by atoms with Crippen molar-refractivity contribution in [3.05, 3.63) is 45.7 Å². The number of aromatic nitrogens is 1. The van der Waals surface area contributed by atoms with Crippen LogP contribution in [0.1, 0.15) is 67.8 Å². The number of piperidine rings is 2. The minimum atomic E-state index is -0.258. The van der Waals surface area contributed by atoms with Gasteiger partial charge in [-0.05, 0) is 62.2 Å². The van der Waals surface area contributed by atoms with Crippen molar-refractivity contribution in [3.63, 3.8) is 0 Å². The Morgan fingerprint density at radius 3 is 2.86 bits per heavy atom. The molecule has 2 aliphatic heterocycles. The van der Waals surface area contributed by atoms with E-state index >= 15 is 0 Å². The molecule has 2 saturated heterocycles. The average Bonchev–Trinajstić information content (AvgIpc) is 2.72. The first-order valence-corrected chi connectivity index (χ1v) is 10.7. The van der Waals surface area contributed by atoms with E-state index in [1.165, 1.54) is 38.8 Å². The fourth-order valence-corrected chi connectivity index (χ4v) is 5.06. The predicted octanol–water partition coefficient (Wildman–Crippen LogP) is 3.65. The Morgan fingerprint density at radius 1 is 1.21 bits per heavy atom. The van der Waals surface area contributed by atoms with Crippen LogP contribution in [0.2, 0.25) is 0 Å². The molecule has 0 bridgehead atoms. The molecule has 5 nitrogen and oxygen atoms in total. The van der Waals surface area contributed by atoms with Crippen molar-refractivity contribution in [2.24, 2.45) is 5.92 Å². The smallest absolute Gasteiger partial charge is 0.256 e. The van der Waals surface area contributed by atoms with E-state index < -0.39 is 0 Å². The van der Waals surface area contributed by atoms with Gasteiger partial charge in [-0.25, -0.2) is 0 Å². The van der Waals surface area contributed by atoms with Crippen LogP contribution < -0.4 is 10.7 Å². The highest BCUT2D eigenvalue weighted by atomic mass is 16.2. The molecule has 5 heteroatoms. The maximum Gasteiger partial charge on any atom is 0.256 e. The molecule has 2 fully saturated rings. The first-order valence-electron chi connectivity index (χ1n) is 10.7. The van der Waals surface area contributed by atoms with Crippen LogP contribution in [0.3, 0.4) is 0 Å². The van der Waals surface area contributed by atoms with Gasteiger partial charge in [-0.1, -0.05) is 32.4 Å². The Hall–Kier alpha value is -2.14. The molecule has 0 saturated carbocycles. The van der Waals surface area contributed by atoms with Crippen LogP contribution in [-0.4, -0.2) is 41.5 Å². The number of pyridine rings is 1. The van der Waals surface area contributed by atoms with Gasteiger partial charge in [0, 0.05) is 24.2 Å². The van der Waals surface area contributed by atoms with Crippen LogP contribution in [0.5, 0.6) is 0 Å². The fourth-order valence-electron chi connectivity index (χ4n) is 5.06. The predicted molar refractivity (Wildman–Crippen MR) is 113 cm³/mol. The molecule has 150 valence electrons. The number of carbonyl (C=O) groups excluding carboxylic acids is 1. The van der Waals surface area contributed by atoms with Crippen LogP contribution in [0.15, 0.2) is 29.2 Å². The number of hydrogen-bond acceptors (Lipinski definition) is 3. The van der Waals surface area contributed by atoms with E-state index in [9.17, 15) is 9.59 Å². The van der Waals surface area contributed by atoms with Crippen LogP contribution in [0, 0.1) is 5.92 Å². The lowest BCUT2D eigenvalue weighted by Gasteiger charge is -2.44. The molecule has 2 N–H and O–H groups in total. The summed E-state index contributed by atoms with van der Waals surface area (Å²) in [6, 6.07) is 6.32. The van der Waals surface area contributed by atoms with Gasteiger partial charge in [0.2, 0.25) is 5.43 Å². The standard InChI is InChI=1S/C23H31N3O2/c1-15(2)17-8-5-9-18-21(17)24-14-19(22(18)27)23(28)25-13-16-7-6-12-26-11-4-3-10-20(16)26/h5,8-9,14-16,20H,3-4,6-7,10-13H2,1-2H3,(H,24,27)(H,25,28)/t16-,20-/m1/s1. The summed E-state index contributed by atoms with van der Waals surface area (Å²) in [4.78, 5) is 31.5. The molecule has 2 aromatic rings. The molecular weight excluding hydrogens is 350 g/mol. The van der Waals surface area contributed by atoms with E-state index in [-0.39, 0.29) is 16.9 Å². The molecule has 2 atom stereocenters. The number of fused-ring (bicyclic) bond motifs is 2. The fraction of sp³-hybridized carbons (Fsp3) is 0.565. The SMILES string of the molecule is CC(C)c1cccc2c(=O)c(C(=O)NC[C@H]3CCCN4CCCC[C@H]34)c[nH]c12. The van der Waals surface area contributed by atoms with Crippen molar-refractivity contribution in [1.82, 2.24) is 15.2 Å². The van der Waals surface area contributed by atoms with Crippen molar-refractivity contribution < 1.29 is 4.79 Å². The van der Waals surface area contributed by atoms with E-state index in [1.807, 2.05) is 12.1 Å². The lowest BCUT2D eigenvalue weighted by molar-refractivity contribution is 0.0575. The molecule has 4 rings (SSSR count). The summed E-state index contributed by atoms with van der Waals surface area (Å²) < 4.78 is 0. The van der Waals surface area contributed by atoms with Crippen molar-refractivity contribution in [2.75, 3.05) is 19.6 Å². The maximum atomic E-state index is 12.9. The number of amides is 1. The third-order valence-corrected chi connectivity index (χ3v) is 6.57. The van der Waals surface area contributed by atoms with Gasteiger partial charge in [0.05, 0.1) is 5.52 Å². The van der Waals surface area contributed by atoms with Crippen molar-refractivity contribution in [1.29, 1.82) is 0 Å². The molecule has 0 unspecified atom stereocenters. The van der Waals surface area contributed by atoms with Crippen molar-refractivity contribution in [2.45, 2.75) is 57.9 Å². The quantitative estimate of drug-likeness (QED) is 0.850. The summed E-state index contributed by atoms with van der Waals surface area (Å²) in [6.07, 6.45) is 7.75. The molecule has 28 heavy (non-hydrogen) atoms. The molecule has 0 aliphatic carbocycles. The summed E-state index contributed by atoms with van der Waals surface area (Å²) in [5.74, 6) is 0.542. The second kappa shape index (κ2) is 8.08. The van der Waals surface area contributed by atoms with Gasteiger partial charge in [-0.2, -0.15) is 0 Å². The number of aromatic amines is 1. The first-order chi connectivity index (χ1) is 13.6. The van der Waals surface area contributed by atoms with Crippen LogP contribution in [0.4, 0.5) is 0 Å². The lowest BCUT2D eigenvalue weighted by atomic mass is 9.83. The summed E-state index contributed by atoms with van der Waals surface area (Å²) >= 11 is 0. The monoisotopic (exact) mass is 381 g/mol. The highest BCUT2D eigenvalue weighted by Gasteiger charge is 2.33. The number of H-pyrrole nitrogens is 1. The average molecular weight is 382 g/mol. The lowest BCUT2D eigenvalue weighted by Crippen LogP contribution is -2.51. The molecule has 1 aromatic heterocycles. The highest BCUT2D eigenvalue weighted by Crippen LogP contribution is 2.30. The summed E-state index contributed by atoms with van der Waals surface area (Å²) in [5.41, 5.74) is 1.96. The topological polar surface area (TPSA) is 65.2 Å². The third kappa shape index (κ3) is 3.60. The van der Waals surface area contributed by atoms with Gasteiger partial charge < -0.3 is 15.2 Å². The normalized spacial score (nSPS) is 23.0. The second-order valence-electron chi connectivity index (χ2n) is 8.67. The van der Waals surface area contributed by atoms with E-state index in [0.717, 1.165) is 17.5 Å². The molecule has 0 radical (unpaired) electrons. The molecule has 0 spiro atoms. The van der Waals surface area contributed by atoms with Gasteiger partial charge in [0.15, 0.2) is 0 Å². The molecule has 2 aliphatic rings. The molecule has 3 heterocycles.